The second-order valence-electron chi connectivity index (χ2n) is 5.69. The monoisotopic (exact) mass is 245 g/mol. The van der Waals surface area contributed by atoms with E-state index in [1.165, 1.54) is 6.42 Å². The van der Waals surface area contributed by atoms with E-state index in [9.17, 15) is 9.00 Å². The molecule has 5 heteroatoms. The standard InChI is InChI=1S/C11H19NO3S/c1-11(2,3)16(15)12-8(7-5-4-6-7)9(12)10(13)14/h7-9H,4-6H2,1-3H3,(H,13,14)/t8?,9?,12?,16-/m1/s1. The number of carbonyl (C=O) groups is 1. The molecule has 1 aliphatic carbocycles. The molecule has 0 aromatic rings. The molecule has 1 aliphatic heterocycles. The third kappa shape index (κ3) is 1.91. The third-order valence-electron chi connectivity index (χ3n) is 3.40. The molecule has 4 nitrogen and oxygen atoms in total. The van der Waals surface area contributed by atoms with Crippen molar-refractivity contribution in [1.29, 1.82) is 0 Å². The van der Waals surface area contributed by atoms with Crippen molar-refractivity contribution in [2.24, 2.45) is 5.92 Å². The van der Waals surface area contributed by atoms with Gasteiger partial charge in [-0.2, -0.15) is 0 Å². The summed E-state index contributed by atoms with van der Waals surface area (Å²) in [4.78, 5) is 11.1. The highest BCUT2D eigenvalue weighted by Crippen LogP contribution is 2.46. The second-order valence-corrected chi connectivity index (χ2v) is 7.83. The number of aliphatic carboxylic acids is 1. The number of carboxylic acids is 1. The van der Waals surface area contributed by atoms with Crippen molar-refractivity contribution in [1.82, 2.24) is 4.31 Å². The number of hydrogen-bond donors (Lipinski definition) is 1. The van der Waals surface area contributed by atoms with E-state index >= 15 is 0 Å². The van der Waals surface area contributed by atoms with Crippen LogP contribution in [0.15, 0.2) is 0 Å². The van der Waals surface area contributed by atoms with Crippen LogP contribution in [0.3, 0.4) is 0 Å². The van der Waals surface area contributed by atoms with Crippen LogP contribution >= 0.6 is 0 Å². The van der Waals surface area contributed by atoms with Crippen LogP contribution in [0.2, 0.25) is 0 Å². The van der Waals surface area contributed by atoms with E-state index in [4.69, 9.17) is 5.11 Å². The Balaban J connectivity index is 2.09. The topological polar surface area (TPSA) is 57.4 Å². The molecule has 0 spiro atoms. The number of hydrogen-bond acceptors (Lipinski definition) is 2. The van der Waals surface area contributed by atoms with Gasteiger partial charge in [0.05, 0.1) is 10.8 Å². The van der Waals surface area contributed by atoms with E-state index in [1.807, 2.05) is 20.8 Å². The van der Waals surface area contributed by atoms with Gasteiger partial charge in [0.1, 0.15) is 17.0 Å². The minimum atomic E-state index is -1.19. The molecule has 1 saturated carbocycles. The van der Waals surface area contributed by atoms with Crippen molar-refractivity contribution in [3.8, 4) is 0 Å². The van der Waals surface area contributed by atoms with Crippen molar-refractivity contribution < 1.29 is 14.1 Å². The van der Waals surface area contributed by atoms with Crippen molar-refractivity contribution in [3.05, 3.63) is 0 Å². The number of rotatable bonds is 3. The van der Waals surface area contributed by atoms with E-state index in [-0.39, 0.29) is 10.8 Å². The Kier molecular flexibility index (Phi) is 2.87. The predicted octanol–water partition coefficient (Wildman–Crippen LogP) is 1.39. The summed E-state index contributed by atoms with van der Waals surface area (Å²) in [6, 6.07) is -0.489. The smallest absolute Gasteiger partial charge is 0.323 e. The molecule has 0 amide bonds. The lowest BCUT2D eigenvalue weighted by molar-refractivity contribution is -0.137. The highest BCUT2D eigenvalue weighted by atomic mass is 32.2. The first-order valence-electron chi connectivity index (χ1n) is 5.77. The number of carboxylic acid groups (broad SMARTS) is 1. The predicted molar refractivity (Wildman–Crippen MR) is 62.3 cm³/mol. The molecule has 4 atom stereocenters. The van der Waals surface area contributed by atoms with E-state index in [0.29, 0.717) is 5.92 Å². The summed E-state index contributed by atoms with van der Waals surface area (Å²) in [6.07, 6.45) is 3.36. The fraction of sp³-hybridized carbons (Fsp3) is 0.909. The van der Waals surface area contributed by atoms with Crippen molar-refractivity contribution in [2.45, 2.75) is 56.9 Å². The fourth-order valence-electron chi connectivity index (χ4n) is 2.26. The maximum atomic E-state index is 12.2. The zero-order chi connectivity index (χ0) is 12.1. The van der Waals surface area contributed by atoms with Crippen molar-refractivity contribution >= 4 is 17.0 Å². The molecular formula is C11H19NO3S. The lowest BCUT2D eigenvalue weighted by Crippen LogP contribution is -2.31. The van der Waals surface area contributed by atoms with Crippen LogP contribution in [0.5, 0.6) is 0 Å². The van der Waals surface area contributed by atoms with Gasteiger partial charge in [-0.25, -0.2) is 8.51 Å². The zero-order valence-electron chi connectivity index (χ0n) is 9.97. The SMILES string of the molecule is CC(C)(C)[S@@](=O)N1C(C(=O)O)C1C1CCC1. The Morgan fingerprint density at radius 1 is 1.38 bits per heavy atom. The van der Waals surface area contributed by atoms with Crippen molar-refractivity contribution in [2.75, 3.05) is 0 Å². The summed E-state index contributed by atoms with van der Waals surface area (Å²) in [5, 5.41) is 9.10. The first kappa shape index (κ1) is 12.0. The van der Waals surface area contributed by atoms with E-state index < -0.39 is 23.0 Å². The summed E-state index contributed by atoms with van der Waals surface area (Å²) in [5.41, 5.74) is 0. The molecule has 0 bridgehead atoms. The van der Waals surface area contributed by atoms with Crippen LogP contribution in [-0.2, 0) is 15.8 Å². The van der Waals surface area contributed by atoms with Gasteiger partial charge in [0.2, 0.25) is 0 Å². The second kappa shape index (κ2) is 3.81. The van der Waals surface area contributed by atoms with Gasteiger partial charge in [0.15, 0.2) is 0 Å². The van der Waals surface area contributed by atoms with Gasteiger partial charge in [0.25, 0.3) is 0 Å². The van der Waals surface area contributed by atoms with E-state index in [0.717, 1.165) is 12.8 Å². The molecule has 3 unspecified atom stereocenters. The highest BCUT2D eigenvalue weighted by Gasteiger charge is 2.61. The summed E-state index contributed by atoms with van der Waals surface area (Å²) < 4.78 is 13.5. The first-order chi connectivity index (χ1) is 7.34. The van der Waals surface area contributed by atoms with Crippen LogP contribution in [0.1, 0.15) is 40.0 Å². The first-order valence-corrected chi connectivity index (χ1v) is 6.88. The van der Waals surface area contributed by atoms with E-state index in [1.54, 1.807) is 4.31 Å². The Labute approximate surface area is 98.6 Å². The maximum absolute atomic E-state index is 12.2. The summed E-state index contributed by atoms with van der Waals surface area (Å²) in [7, 11) is -1.19. The largest absolute Gasteiger partial charge is 0.480 e. The molecule has 2 fully saturated rings. The highest BCUT2D eigenvalue weighted by molar-refractivity contribution is 7.84. The minimum Gasteiger partial charge on any atom is -0.480 e. The minimum absolute atomic E-state index is 0.0197. The summed E-state index contributed by atoms with van der Waals surface area (Å²) in [5.74, 6) is -0.373. The Morgan fingerprint density at radius 2 is 1.94 bits per heavy atom. The molecule has 92 valence electrons. The Bertz CT molecular complexity index is 333. The number of nitrogens with zero attached hydrogens (tertiary/aromatic N) is 1. The summed E-state index contributed by atoms with van der Waals surface area (Å²) >= 11 is 0. The lowest BCUT2D eigenvalue weighted by atomic mass is 9.82. The molecular weight excluding hydrogens is 226 g/mol. The van der Waals surface area contributed by atoms with Crippen LogP contribution in [0.25, 0.3) is 0 Å². The molecule has 0 aromatic heterocycles. The molecule has 16 heavy (non-hydrogen) atoms. The Hall–Kier alpha value is -0.420. The summed E-state index contributed by atoms with van der Waals surface area (Å²) in [6.45, 7) is 5.66. The molecule has 0 radical (unpaired) electrons. The Morgan fingerprint density at radius 3 is 2.25 bits per heavy atom. The molecule has 0 aromatic carbocycles. The van der Waals surface area contributed by atoms with Gasteiger partial charge in [-0.05, 0) is 39.5 Å². The van der Waals surface area contributed by atoms with Crippen LogP contribution < -0.4 is 0 Å². The van der Waals surface area contributed by atoms with Crippen LogP contribution in [0, 0.1) is 5.92 Å². The molecule has 2 rings (SSSR count). The van der Waals surface area contributed by atoms with Crippen LogP contribution in [-0.4, -0.2) is 36.4 Å². The van der Waals surface area contributed by atoms with Gasteiger partial charge in [0, 0.05) is 0 Å². The van der Waals surface area contributed by atoms with E-state index in [2.05, 4.69) is 0 Å². The van der Waals surface area contributed by atoms with Gasteiger partial charge < -0.3 is 5.11 Å². The van der Waals surface area contributed by atoms with Gasteiger partial charge >= 0.3 is 5.97 Å². The molecule has 1 heterocycles. The average molecular weight is 245 g/mol. The molecule has 1 N–H and O–H groups in total. The quantitative estimate of drug-likeness (QED) is 0.764. The van der Waals surface area contributed by atoms with Crippen molar-refractivity contribution in [3.63, 3.8) is 0 Å². The zero-order valence-corrected chi connectivity index (χ0v) is 10.8. The van der Waals surface area contributed by atoms with Gasteiger partial charge in [-0.1, -0.05) is 6.42 Å². The third-order valence-corrected chi connectivity index (χ3v) is 5.30. The lowest BCUT2D eigenvalue weighted by Gasteiger charge is -2.26. The molecule has 1 saturated heterocycles. The fourth-order valence-corrected chi connectivity index (χ4v) is 3.77. The average Bonchev–Trinajstić information content (AvgIpc) is 2.73. The molecule has 2 aliphatic rings. The van der Waals surface area contributed by atoms with Gasteiger partial charge in [-0.3, -0.25) is 4.79 Å². The van der Waals surface area contributed by atoms with Gasteiger partial charge in [-0.15, -0.1) is 0 Å². The normalized spacial score (nSPS) is 36.6. The van der Waals surface area contributed by atoms with Crippen LogP contribution in [0.4, 0.5) is 0 Å². The maximum Gasteiger partial charge on any atom is 0.323 e.